The first kappa shape index (κ1) is 17.4. The van der Waals surface area contributed by atoms with Crippen LogP contribution in [-0.2, 0) is 4.74 Å². The lowest BCUT2D eigenvalue weighted by molar-refractivity contribution is 0.0753. The molecule has 1 saturated heterocycles. The van der Waals surface area contributed by atoms with Crippen LogP contribution in [0.4, 0.5) is 0 Å². The van der Waals surface area contributed by atoms with Crippen LogP contribution in [0, 0.1) is 0 Å². The summed E-state index contributed by atoms with van der Waals surface area (Å²) in [5, 5.41) is 3.00. The third kappa shape index (κ3) is 3.49. The Bertz CT molecular complexity index is 901. The number of methoxy groups -OCH3 is 1. The number of hydrogen-bond acceptors (Lipinski definition) is 5. The van der Waals surface area contributed by atoms with Crippen molar-refractivity contribution in [3.05, 3.63) is 44.5 Å². The fraction of sp³-hybridized carbons (Fsp3) is 0.471. The van der Waals surface area contributed by atoms with E-state index in [4.69, 9.17) is 4.74 Å². The van der Waals surface area contributed by atoms with E-state index in [2.05, 4.69) is 34.0 Å². The molecular formula is C17H22N4O4. The Kier molecular flexibility index (Phi) is 4.73. The highest BCUT2D eigenvalue weighted by Gasteiger charge is 2.35. The van der Waals surface area contributed by atoms with E-state index in [-0.39, 0.29) is 18.1 Å². The van der Waals surface area contributed by atoms with Crippen LogP contribution < -0.4 is 16.4 Å². The molecule has 3 N–H and O–H groups in total. The molecule has 8 heteroatoms. The Morgan fingerprint density at radius 3 is 2.52 bits per heavy atom. The first-order valence-electron chi connectivity index (χ1n) is 8.23. The van der Waals surface area contributed by atoms with Crippen LogP contribution in [0.2, 0.25) is 0 Å². The first-order chi connectivity index (χ1) is 11.9. The predicted molar refractivity (Wildman–Crippen MR) is 93.9 cm³/mol. The largest absolute Gasteiger partial charge is 0.378 e. The summed E-state index contributed by atoms with van der Waals surface area (Å²) in [5.41, 5.74) is -0.160. The van der Waals surface area contributed by atoms with Gasteiger partial charge in [0.15, 0.2) is 0 Å². The Morgan fingerprint density at radius 1 is 1.20 bits per heavy atom. The van der Waals surface area contributed by atoms with Crippen molar-refractivity contribution in [3.8, 4) is 0 Å². The number of likely N-dealkylation sites (tertiary alicyclic amines) is 1. The van der Waals surface area contributed by atoms with Crippen molar-refractivity contribution >= 4 is 16.9 Å². The zero-order valence-electron chi connectivity index (χ0n) is 14.5. The number of aromatic nitrogens is 2. The summed E-state index contributed by atoms with van der Waals surface area (Å²) in [7, 11) is 1.64. The quantitative estimate of drug-likeness (QED) is 0.678. The number of fused-ring (bicyclic) bond motifs is 1. The smallest absolute Gasteiger partial charge is 0.314 e. The van der Waals surface area contributed by atoms with Gasteiger partial charge in [-0.2, -0.15) is 0 Å². The highest BCUT2D eigenvalue weighted by Crippen LogP contribution is 2.17. The van der Waals surface area contributed by atoms with Crippen molar-refractivity contribution in [2.45, 2.75) is 32.0 Å². The molecule has 25 heavy (non-hydrogen) atoms. The fourth-order valence-corrected chi connectivity index (χ4v) is 3.11. The molecule has 0 bridgehead atoms. The molecule has 2 heterocycles. The van der Waals surface area contributed by atoms with Gasteiger partial charge in [0, 0.05) is 31.8 Å². The summed E-state index contributed by atoms with van der Waals surface area (Å²) < 4.78 is 5.50. The predicted octanol–water partition coefficient (Wildman–Crippen LogP) is 0.0538. The Morgan fingerprint density at radius 2 is 1.88 bits per heavy atom. The zero-order chi connectivity index (χ0) is 18.1. The zero-order valence-corrected chi connectivity index (χ0v) is 14.5. The molecule has 1 aliphatic rings. The van der Waals surface area contributed by atoms with E-state index in [9.17, 15) is 14.4 Å². The molecule has 1 aromatic carbocycles. The van der Waals surface area contributed by atoms with Gasteiger partial charge < -0.3 is 20.0 Å². The van der Waals surface area contributed by atoms with Crippen LogP contribution in [0.15, 0.2) is 27.8 Å². The van der Waals surface area contributed by atoms with Gasteiger partial charge in [0.1, 0.15) is 0 Å². The minimum Gasteiger partial charge on any atom is -0.378 e. The van der Waals surface area contributed by atoms with E-state index in [0.29, 0.717) is 22.6 Å². The molecule has 134 valence electrons. The van der Waals surface area contributed by atoms with E-state index in [1.165, 1.54) is 0 Å². The van der Waals surface area contributed by atoms with Gasteiger partial charge in [-0.3, -0.25) is 19.3 Å². The Hall–Kier alpha value is -2.45. The van der Waals surface area contributed by atoms with Crippen molar-refractivity contribution in [2.75, 3.05) is 20.2 Å². The van der Waals surface area contributed by atoms with E-state index in [1.807, 2.05) is 0 Å². The van der Waals surface area contributed by atoms with Crippen molar-refractivity contribution in [1.82, 2.24) is 20.2 Å². The first-order valence-corrected chi connectivity index (χ1v) is 8.23. The average Bonchev–Trinajstić information content (AvgIpc) is 2.98. The number of ether oxygens (including phenoxy) is 1. The van der Waals surface area contributed by atoms with Crippen molar-refractivity contribution in [3.63, 3.8) is 0 Å². The lowest BCUT2D eigenvalue weighted by atomic mass is 10.1. The molecule has 1 aliphatic heterocycles. The van der Waals surface area contributed by atoms with Crippen LogP contribution in [0.25, 0.3) is 11.0 Å². The van der Waals surface area contributed by atoms with Crippen molar-refractivity contribution in [1.29, 1.82) is 0 Å². The molecule has 0 saturated carbocycles. The molecule has 3 rings (SSSR count). The van der Waals surface area contributed by atoms with Gasteiger partial charge in [-0.05, 0) is 32.0 Å². The van der Waals surface area contributed by atoms with Gasteiger partial charge in [-0.1, -0.05) is 0 Å². The molecule has 2 atom stereocenters. The minimum atomic E-state index is -0.743. The van der Waals surface area contributed by atoms with Crippen molar-refractivity contribution < 1.29 is 9.53 Å². The standard InChI is InChI=1S/C17H22N4O4/c1-9(2)21-7-13(14(8-21)25-3)20-15(22)10-4-5-11-12(6-10)19-17(24)16(23)18-11/h4-6,9,13-14H,7-8H2,1-3H3,(H,18,23)(H,19,24)(H,20,22)/t13-,14-/m0/s1. The van der Waals surface area contributed by atoms with Gasteiger partial charge in [0.25, 0.3) is 5.91 Å². The lowest BCUT2D eigenvalue weighted by Crippen LogP contribution is -2.43. The lowest BCUT2D eigenvalue weighted by Gasteiger charge is -2.20. The van der Waals surface area contributed by atoms with E-state index in [0.717, 1.165) is 13.1 Å². The fourth-order valence-electron chi connectivity index (χ4n) is 3.11. The topological polar surface area (TPSA) is 107 Å². The van der Waals surface area contributed by atoms with E-state index < -0.39 is 11.1 Å². The number of nitrogens with zero attached hydrogens (tertiary/aromatic N) is 1. The third-order valence-corrected chi connectivity index (χ3v) is 4.63. The number of hydrogen-bond donors (Lipinski definition) is 3. The number of carbonyl (C=O) groups is 1. The Balaban J connectivity index is 1.81. The van der Waals surface area contributed by atoms with Crippen molar-refractivity contribution in [2.24, 2.45) is 0 Å². The second-order valence-corrected chi connectivity index (χ2v) is 6.57. The summed E-state index contributed by atoms with van der Waals surface area (Å²) in [5.74, 6) is -0.244. The van der Waals surface area contributed by atoms with Crippen LogP contribution in [0.1, 0.15) is 24.2 Å². The molecule has 8 nitrogen and oxygen atoms in total. The van der Waals surface area contributed by atoms with E-state index >= 15 is 0 Å². The van der Waals surface area contributed by atoms with E-state index in [1.54, 1.807) is 25.3 Å². The number of aromatic amines is 2. The summed E-state index contributed by atoms with van der Waals surface area (Å²) in [6.07, 6.45) is -0.0667. The number of H-pyrrole nitrogens is 2. The number of amides is 1. The number of nitrogens with one attached hydrogen (secondary N) is 3. The van der Waals surface area contributed by atoms with Gasteiger partial charge in [0.2, 0.25) is 0 Å². The van der Waals surface area contributed by atoms with Gasteiger partial charge in [-0.15, -0.1) is 0 Å². The van der Waals surface area contributed by atoms with Gasteiger partial charge in [-0.25, -0.2) is 0 Å². The van der Waals surface area contributed by atoms with Crippen LogP contribution in [0.5, 0.6) is 0 Å². The normalized spacial score (nSPS) is 21.1. The average molecular weight is 346 g/mol. The number of carbonyl (C=O) groups excluding carboxylic acids is 1. The summed E-state index contributed by atoms with van der Waals surface area (Å²) in [4.78, 5) is 42.6. The number of rotatable bonds is 4. The van der Waals surface area contributed by atoms with Gasteiger partial charge >= 0.3 is 11.1 Å². The summed E-state index contributed by atoms with van der Waals surface area (Å²) in [6, 6.07) is 5.04. The second-order valence-electron chi connectivity index (χ2n) is 6.57. The monoisotopic (exact) mass is 346 g/mol. The third-order valence-electron chi connectivity index (χ3n) is 4.63. The highest BCUT2D eigenvalue weighted by molar-refractivity contribution is 5.97. The molecular weight excluding hydrogens is 324 g/mol. The molecule has 0 unspecified atom stereocenters. The van der Waals surface area contributed by atoms with Crippen LogP contribution in [-0.4, -0.2) is 59.2 Å². The maximum Gasteiger partial charge on any atom is 0.314 e. The number of benzene rings is 1. The molecule has 0 spiro atoms. The molecule has 2 aromatic rings. The summed E-state index contributed by atoms with van der Waals surface area (Å²) in [6.45, 7) is 5.71. The maximum absolute atomic E-state index is 12.6. The maximum atomic E-state index is 12.6. The van der Waals surface area contributed by atoms with Crippen LogP contribution >= 0.6 is 0 Å². The molecule has 0 aliphatic carbocycles. The van der Waals surface area contributed by atoms with Gasteiger partial charge in [0.05, 0.1) is 23.2 Å². The highest BCUT2D eigenvalue weighted by atomic mass is 16.5. The second kappa shape index (κ2) is 6.81. The molecule has 1 fully saturated rings. The molecule has 0 radical (unpaired) electrons. The summed E-state index contributed by atoms with van der Waals surface area (Å²) >= 11 is 0. The molecule has 1 amide bonds. The minimum absolute atomic E-state index is 0.0667. The SMILES string of the molecule is CO[C@H]1CN(C(C)C)C[C@@H]1NC(=O)c1ccc2[nH]c(=O)c(=O)[nH]c2c1. The Labute approximate surface area is 144 Å². The van der Waals surface area contributed by atoms with Crippen LogP contribution in [0.3, 0.4) is 0 Å². The molecule has 1 aromatic heterocycles.